The summed E-state index contributed by atoms with van der Waals surface area (Å²) in [4.78, 5) is 8.63. The lowest BCUT2D eigenvalue weighted by atomic mass is 10.3. The molecule has 0 saturated carbocycles. The fourth-order valence-corrected chi connectivity index (χ4v) is 2.01. The topological polar surface area (TPSA) is 43.9 Å². The van der Waals surface area contributed by atoms with Crippen LogP contribution >= 0.6 is 0 Å². The summed E-state index contributed by atoms with van der Waals surface area (Å²) in [5, 5.41) is 0. The van der Waals surface area contributed by atoms with Gasteiger partial charge < -0.3 is 4.42 Å². The lowest BCUT2D eigenvalue weighted by Gasteiger charge is -1.95. The van der Waals surface area contributed by atoms with E-state index in [2.05, 4.69) is 16.3 Å². The van der Waals surface area contributed by atoms with Crippen molar-refractivity contribution in [3.05, 3.63) is 54.9 Å². The second kappa shape index (κ2) is 3.43. The number of oxazole rings is 1. The SMILES string of the molecule is [c]1nc2ccccc2n1-c1nc2ccccc2o1. The summed E-state index contributed by atoms with van der Waals surface area (Å²) >= 11 is 0. The van der Waals surface area contributed by atoms with E-state index >= 15 is 0 Å². The van der Waals surface area contributed by atoms with E-state index in [4.69, 9.17) is 4.42 Å². The van der Waals surface area contributed by atoms with E-state index in [9.17, 15) is 0 Å². The average molecular weight is 234 g/mol. The van der Waals surface area contributed by atoms with Crippen molar-refractivity contribution in [3.63, 3.8) is 0 Å². The lowest BCUT2D eigenvalue weighted by Crippen LogP contribution is -1.91. The molecule has 2 aromatic carbocycles. The van der Waals surface area contributed by atoms with Gasteiger partial charge in [-0.1, -0.05) is 24.3 Å². The molecule has 4 heteroatoms. The number of hydrogen-bond donors (Lipinski definition) is 0. The van der Waals surface area contributed by atoms with Gasteiger partial charge in [0.1, 0.15) is 5.52 Å². The van der Waals surface area contributed by atoms with Gasteiger partial charge in [0.2, 0.25) is 0 Å². The molecular weight excluding hydrogens is 226 g/mol. The maximum absolute atomic E-state index is 5.70. The minimum atomic E-state index is 0.491. The van der Waals surface area contributed by atoms with Crippen molar-refractivity contribution in [2.45, 2.75) is 0 Å². The van der Waals surface area contributed by atoms with Gasteiger partial charge >= 0.3 is 6.01 Å². The molecular formula is C14H8N3O. The van der Waals surface area contributed by atoms with E-state index in [1.54, 1.807) is 4.57 Å². The van der Waals surface area contributed by atoms with Crippen LogP contribution in [0.1, 0.15) is 0 Å². The smallest absolute Gasteiger partial charge is 0.309 e. The van der Waals surface area contributed by atoms with Crippen molar-refractivity contribution in [1.82, 2.24) is 14.5 Å². The Labute approximate surface area is 103 Å². The predicted molar refractivity (Wildman–Crippen MR) is 67.5 cm³/mol. The zero-order valence-electron chi connectivity index (χ0n) is 9.37. The standard InChI is InChI=1S/C14H8N3O/c1-3-7-12-10(5-1)15-9-17(12)14-16-11-6-2-4-8-13(11)18-14/h1-8H. The molecule has 4 nitrogen and oxygen atoms in total. The number of aromatic nitrogens is 3. The highest BCUT2D eigenvalue weighted by Gasteiger charge is 2.10. The van der Waals surface area contributed by atoms with Crippen LogP contribution in [0.2, 0.25) is 0 Å². The van der Waals surface area contributed by atoms with Crippen molar-refractivity contribution >= 4 is 22.1 Å². The van der Waals surface area contributed by atoms with Crippen molar-refractivity contribution < 1.29 is 4.42 Å². The molecule has 2 heterocycles. The van der Waals surface area contributed by atoms with Crippen LogP contribution in [-0.4, -0.2) is 14.5 Å². The molecule has 4 rings (SSSR count). The molecule has 0 fully saturated rings. The summed E-state index contributed by atoms with van der Waals surface area (Å²) in [5.41, 5.74) is 3.40. The fourth-order valence-electron chi connectivity index (χ4n) is 2.01. The number of fused-ring (bicyclic) bond motifs is 2. The van der Waals surface area contributed by atoms with E-state index in [0.29, 0.717) is 6.01 Å². The van der Waals surface area contributed by atoms with Gasteiger partial charge in [0.15, 0.2) is 11.9 Å². The molecule has 18 heavy (non-hydrogen) atoms. The summed E-state index contributed by atoms with van der Waals surface area (Å²) in [6.07, 6.45) is 2.90. The highest BCUT2D eigenvalue weighted by Crippen LogP contribution is 2.21. The first kappa shape index (κ1) is 9.41. The highest BCUT2D eigenvalue weighted by atomic mass is 16.4. The number of benzene rings is 2. The van der Waals surface area contributed by atoms with Gasteiger partial charge in [0.25, 0.3) is 0 Å². The third-order valence-electron chi connectivity index (χ3n) is 2.87. The first-order chi connectivity index (χ1) is 8.92. The van der Waals surface area contributed by atoms with Crippen molar-refractivity contribution in [2.24, 2.45) is 0 Å². The predicted octanol–water partition coefficient (Wildman–Crippen LogP) is 2.97. The largest absolute Gasteiger partial charge is 0.423 e. The molecule has 0 aliphatic rings. The molecule has 0 N–H and O–H groups in total. The molecule has 0 amide bonds. The van der Waals surface area contributed by atoms with Gasteiger partial charge in [0.05, 0.1) is 11.0 Å². The number of hydrogen-bond acceptors (Lipinski definition) is 3. The molecule has 0 spiro atoms. The first-order valence-corrected chi connectivity index (χ1v) is 5.63. The number of para-hydroxylation sites is 4. The normalized spacial score (nSPS) is 11.3. The van der Waals surface area contributed by atoms with Crippen LogP contribution in [0.25, 0.3) is 28.1 Å². The minimum Gasteiger partial charge on any atom is -0.423 e. The Kier molecular flexibility index (Phi) is 1.80. The van der Waals surface area contributed by atoms with E-state index in [1.807, 2.05) is 48.5 Å². The van der Waals surface area contributed by atoms with Gasteiger partial charge in [-0.05, 0) is 24.3 Å². The van der Waals surface area contributed by atoms with Crippen molar-refractivity contribution in [3.8, 4) is 6.01 Å². The Hall–Kier alpha value is -2.62. The Bertz CT molecular complexity index is 811. The zero-order chi connectivity index (χ0) is 11.9. The van der Waals surface area contributed by atoms with Crippen LogP contribution in [0.5, 0.6) is 0 Å². The molecule has 0 atom stereocenters. The monoisotopic (exact) mass is 234 g/mol. The van der Waals surface area contributed by atoms with Gasteiger partial charge in [-0.15, -0.1) is 0 Å². The molecule has 4 aromatic rings. The maximum atomic E-state index is 5.70. The number of nitrogens with zero attached hydrogens (tertiary/aromatic N) is 3. The Balaban J connectivity index is 2.01. The highest BCUT2D eigenvalue weighted by molar-refractivity contribution is 5.78. The summed E-state index contributed by atoms with van der Waals surface area (Å²) in [6, 6.07) is 16.0. The Morgan fingerprint density at radius 2 is 1.72 bits per heavy atom. The maximum Gasteiger partial charge on any atom is 0.309 e. The van der Waals surface area contributed by atoms with E-state index < -0.39 is 0 Å². The summed E-state index contributed by atoms with van der Waals surface area (Å²) < 4.78 is 7.43. The average Bonchev–Trinajstić information content (AvgIpc) is 3.02. The molecule has 2 aromatic heterocycles. The van der Waals surface area contributed by atoms with Crippen molar-refractivity contribution in [1.29, 1.82) is 0 Å². The third-order valence-corrected chi connectivity index (χ3v) is 2.87. The first-order valence-electron chi connectivity index (χ1n) is 5.63. The zero-order valence-corrected chi connectivity index (χ0v) is 9.37. The Morgan fingerprint density at radius 1 is 0.944 bits per heavy atom. The van der Waals surface area contributed by atoms with Gasteiger partial charge in [-0.25, -0.2) is 9.55 Å². The second-order valence-electron chi connectivity index (χ2n) is 4.00. The van der Waals surface area contributed by atoms with Crippen molar-refractivity contribution in [2.75, 3.05) is 0 Å². The summed E-state index contributed by atoms with van der Waals surface area (Å²) in [6.45, 7) is 0. The van der Waals surface area contributed by atoms with Crippen LogP contribution in [0.3, 0.4) is 0 Å². The third kappa shape index (κ3) is 1.26. The molecule has 1 radical (unpaired) electrons. The molecule has 0 saturated heterocycles. The Morgan fingerprint density at radius 3 is 2.61 bits per heavy atom. The summed E-state index contributed by atoms with van der Waals surface area (Å²) in [7, 11) is 0. The number of imidazole rings is 1. The second-order valence-corrected chi connectivity index (χ2v) is 4.00. The molecule has 0 unspecified atom stereocenters. The van der Waals surface area contributed by atoms with Gasteiger partial charge in [-0.2, -0.15) is 4.98 Å². The van der Waals surface area contributed by atoms with Gasteiger partial charge in [-0.3, -0.25) is 0 Å². The van der Waals surface area contributed by atoms with Crippen LogP contribution in [0.4, 0.5) is 0 Å². The quantitative estimate of drug-likeness (QED) is 0.508. The minimum absolute atomic E-state index is 0.491. The number of rotatable bonds is 1. The van der Waals surface area contributed by atoms with Gasteiger partial charge in [0, 0.05) is 0 Å². The van der Waals surface area contributed by atoms with Crippen LogP contribution in [-0.2, 0) is 0 Å². The van der Waals surface area contributed by atoms with Crippen LogP contribution < -0.4 is 0 Å². The fraction of sp³-hybridized carbons (Fsp3) is 0. The van der Waals surface area contributed by atoms with E-state index in [0.717, 1.165) is 22.1 Å². The van der Waals surface area contributed by atoms with Crippen LogP contribution in [0, 0.1) is 6.33 Å². The van der Waals surface area contributed by atoms with Crippen LogP contribution in [0.15, 0.2) is 52.9 Å². The molecule has 0 aliphatic heterocycles. The molecule has 85 valence electrons. The van der Waals surface area contributed by atoms with E-state index in [1.165, 1.54) is 0 Å². The van der Waals surface area contributed by atoms with E-state index in [-0.39, 0.29) is 0 Å². The summed E-state index contributed by atoms with van der Waals surface area (Å²) in [5.74, 6) is 0. The lowest BCUT2D eigenvalue weighted by molar-refractivity contribution is 0.567. The molecule has 0 bridgehead atoms. The molecule has 0 aliphatic carbocycles.